The van der Waals surface area contributed by atoms with Gasteiger partial charge in [0, 0.05) is 62.5 Å². The highest BCUT2D eigenvalue weighted by atomic mass is 19.2. The molecule has 11 nitrogen and oxygen atoms in total. The Hall–Kier alpha value is -3.64. The van der Waals surface area contributed by atoms with Gasteiger partial charge in [-0.25, -0.2) is 4.98 Å². The van der Waals surface area contributed by atoms with Gasteiger partial charge in [0.1, 0.15) is 11.9 Å². The number of hydrogen-bond donors (Lipinski definition) is 3. The van der Waals surface area contributed by atoms with Crippen LogP contribution in [0.3, 0.4) is 0 Å². The van der Waals surface area contributed by atoms with E-state index in [2.05, 4.69) is 20.0 Å². The van der Waals surface area contributed by atoms with Gasteiger partial charge in [-0.3, -0.25) is 9.59 Å². The molecule has 3 heterocycles. The van der Waals surface area contributed by atoms with Gasteiger partial charge in [0.05, 0.1) is 30.7 Å². The van der Waals surface area contributed by atoms with Crippen molar-refractivity contribution in [1.29, 1.82) is 0 Å². The molecule has 12 heteroatoms. The molecule has 2 aromatic rings. The van der Waals surface area contributed by atoms with Crippen LogP contribution in [0.2, 0.25) is 0 Å². The third-order valence-electron chi connectivity index (χ3n) is 6.60. The average Bonchev–Trinajstić information content (AvgIpc) is 2.90. The van der Waals surface area contributed by atoms with Crippen molar-refractivity contribution in [2.24, 2.45) is 0 Å². The Morgan fingerprint density at radius 3 is 2.64 bits per heavy atom. The van der Waals surface area contributed by atoms with E-state index in [1.54, 1.807) is 11.1 Å². The van der Waals surface area contributed by atoms with Gasteiger partial charge in [0.25, 0.3) is 5.91 Å². The van der Waals surface area contributed by atoms with Crippen LogP contribution in [-0.2, 0) is 9.53 Å². The van der Waals surface area contributed by atoms with Gasteiger partial charge in [0.15, 0.2) is 11.6 Å². The van der Waals surface area contributed by atoms with E-state index >= 15 is 0 Å². The molecule has 0 unspecified atom stereocenters. The number of hydrogen-bond acceptors (Lipinski definition) is 9. The number of anilines is 3. The van der Waals surface area contributed by atoms with Gasteiger partial charge < -0.3 is 35.2 Å². The SMILES string of the molecule is CN(c1cc(OC2CCOCC2)cnc1NC=O)C1CCN(C(=O)c2ccc(ONF)cc2N)CC1. The number of carbonyl (C=O) groups is 2. The molecule has 4 rings (SSSR count). The molecule has 0 bridgehead atoms. The predicted octanol–water partition coefficient (Wildman–Crippen LogP) is 2.30. The highest BCUT2D eigenvalue weighted by Crippen LogP contribution is 2.32. The molecule has 2 amide bonds. The van der Waals surface area contributed by atoms with E-state index in [9.17, 15) is 14.1 Å². The smallest absolute Gasteiger partial charge is 0.255 e. The lowest BCUT2D eigenvalue weighted by molar-refractivity contribution is -0.105. The lowest BCUT2D eigenvalue weighted by atomic mass is 10.0. The number of nitrogens with two attached hydrogens (primary N) is 1. The van der Waals surface area contributed by atoms with Crippen LogP contribution >= 0.6 is 0 Å². The van der Waals surface area contributed by atoms with Gasteiger partial charge in [-0.2, -0.15) is 0 Å². The van der Waals surface area contributed by atoms with E-state index < -0.39 is 0 Å². The predicted molar refractivity (Wildman–Crippen MR) is 131 cm³/mol. The lowest BCUT2D eigenvalue weighted by Gasteiger charge is -2.38. The Labute approximate surface area is 208 Å². The molecule has 0 spiro atoms. The first-order valence-corrected chi connectivity index (χ1v) is 11.9. The molecular weight excluding hydrogens is 471 g/mol. The van der Waals surface area contributed by atoms with Crippen LogP contribution in [0.5, 0.6) is 11.5 Å². The number of benzene rings is 1. The highest BCUT2D eigenvalue weighted by Gasteiger charge is 2.28. The number of aromatic nitrogens is 1. The highest BCUT2D eigenvalue weighted by molar-refractivity contribution is 5.99. The average molecular weight is 503 g/mol. The minimum absolute atomic E-state index is 0.0686. The standard InChI is InChI=1S/C24H31FN6O5/c1-30(22-13-19(14-27-23(22)28-15-32)35-17-6-10-34-11-7-17)16-4-8-31(9-5-16)24(33)20-3-2-18(36-29-25)12-21(20)26/h2-3,12-17,29H,4-11,26H2,1H3,(H,27,28,32). The second kappa shape index (κ2) is 11.9. The van der Waals surface area contributed by atoms with Gasteiger partial charge >= 0.3 is 0 Å². The number of rotatable bonds is 9. The topological polar surface area (TPSA) is 131 Å². The van der Waals surface area contributed by atoms with Crippen LogP contribution in [0.1, 0.15) is 36.0 Å². The fourth-order valence-corrected chi connectivity index (χ4v) is 4.59. The Balaban J connectivity index is 1.42. The van der Waals surface area contributed by atoms with Crippen LogP contribution in [-0.4, -0.2) is 67.7 Å². The summed E-state index contributed by atoms with van der Waals surface area (Å²) in [6.45, 7) is 2.40. The molecule has 2 fully saturated rings. The first-order chi connectivity index (χ1) is 17.5. The number of amides is 2. The third-order valence-corrected chi connectivity index (χ3v) is 6.60. The van der Waals surface area contributed by atoms with E-state index in [1.807, 2.05) is 13.1 Å². The maximum Gasteiger partial charge on any atom is 0.255 e. The minimum Gasteiger partial charge on any atom is -0.489 e. The van der Waals surface area contributed by atoms with Gasteiger partial charge in [-0.05, 0) is 25.0 Å². The first kappa shape index (κ1) is 25.5. The number of nitrogens with one attached hydrogen (secondary N) is 2. The zero-order valence-electron chi connectivity index (χ0n) is 20.1. The fourth-order valence-electron chi connectivity index (χ4n) is 4.59. The van der Waals surface area contributed by atoms with Crippen molar-refractivity contribution in [3.63, 3.8) is 0 Å². The largest absolute Gasteiger partial charge is 0.489 e. The fraction of sp³-hybridized carbons (Fsp3) is 0.458. The van der Waals surface area contributed by atoms with Gasteiger partial charge in [0.2, 0.25) is 6.41 Å². The summed E-state index contributed by atoms with van der Waals surface area (Å²) in [5, 5.41) is 2.67. The van der Waals surface area contributed by atoms with Crippen molar-refractivity contribution in [3.8, 4) is 11.5 Å². The summed E-state index contributed by atoms with van der Waals surface area (Å²) < 4.78 is 23.7. The molecule has 2 saturated heterocycles. The Morgan fingerprint density at radius 1 is 1.22 bits per heavy atom. The summed E-state index contributed by atoms with van der Waals surface area (Å²) in [7, 11) is 1.95. The summed E-state index contributed by atoms with van der Waals surface area (Å²) in [4.78, 5) is 37.0. The summed E-state index contributed by atoms with van der Waals surface area (Å²) in [5.74, 6) is 1.07. The van der Waals surface area contributed by atoms with Gasteiger partial charge in [-0.1, -0.05) is 4.48 Å². The number of likely N-dealkylation sites (tertiary alicyclic amines) is 1. The molecule has 2 aliphatic heterocycles. The van der Waals surface area contributed by atoms with Crippen LogP contribution < -0.4 is 31.2 Å². The van der Waals surface area contributed by atoms with E-state index in [1.165, 1.54) is 18.2 Å². The van der Waals surface area contributed by atoms with Gasteiger partial charge in [-0.15, -0.1) is 0 Å². The summed E-state index contributed by atoms with van der Waals surface area (Å²) >= 11 is 0. The second-order valence-corrected chi connectivity index (χ2v) is 8.79. The van der Waals surface area contributed by atoms with Crippen LogP contribution in [0.25, 0.3) is 0 Å². The zero-order valence-corrected chi connectivity index (χ0v) is 20.1. The molecule has 194 valence electrons. The number of halogens is 1. The van der Waals surface area contributed by atoms with E-state index in [-0.39, 0.29) is 29.5 Å². The molecule has 36 heavy (non-hydrogen) atoms. The summed E-state index contributed by atoms with van der Waals surface area (Å²) in [6, 6.07) is 6.40. The number of nitrogen functional groups attached to an aromatic ring is 1. The number of ether oxygens (including phenoxy) is 2. The maximum absolute atomic E-state index is 13.0. The van der Waals surface area contributed by atoms with Crippen molar-refractivity contribution in [1.82, 2.24) is 15.6 Å². The maximum atomic E-state index is 13.0. The number of carbonyl (C=O) groups excluding carboxylic acids is 2. The van der Waals surface area contributed by atoms with Crippen molar-refractivity contribution < 1.29 is 28.4 Å². The Morgan fingerprint density at radius 2 is 1.97 bits per heavy atom. The summed E-state index contributed by atoms with van der Waals surface area (Å²) in [6.07, 6.45) is 5.34. The first-order valence-electron chi connectivity index (χ1n) is 11.9. The minimum atomic E-state index is -0.190. The van der Waals surface area contributed by atoms with E-state index in [0.29, 0.717) is 62.7 Å². The van der Waals surface area contributed by atoms with E-state index in [4.69, 9.17) is 15.2 Å². The van der Waals surface area contributed by atoms with Crippen molar-refractivity contribution in [2.45, 2.75) is 37.8 Å². The third kappa shape index (κ3) is 5.94. The quantitative estimate of drug-likeness (QED) is 0.205. The normalized spacial score (nSPS) is 16.9. The van der Waals surface area contributed by atoms with Crippen molar-refractivity contribution in [3.05, 3.63) is 36.0 Å². The Bertz CT molecular complexity index is 1060. The van der Waals surface area contributed by atoms with Crippen LogP contribution in [0, 0.1) is 0 Å². The molecule has 0 aliphatic carbocycles. The number of nitrogens with zero attached hydrogens (tertiary/aromatic N) is 3. The molecule has 1 aromatic carbocycles. The van der Waals surface area contributed by atoms with Crippen LogP contribution in [0.4, 0.5) is 21.7 Å². The molecule has 0 atom stereocenters. The zero-order chi connectivity index (χ0) is 25.5. The van der Waals surface area contributed by atoms with Crippen LogP contribution in [0.15, 0.2) is 30.5 Å². The molecule has 2 aliphatic rings. The van der Waals surface area contributed by atoms with E-state index in [0.717, 1.165) is 24.2 Å². The monoisotopic (exact) mass is 502 g/mol. The molecule has 4 N–H and O–H groups in total. The lowest BCUT2D eigenvalue weighted by Crippen LogP contribution is -2.46. The Kier molecular flexibility index (Phi) is 8.39. The number of piperidine rings is 1. The van der Waals surface area contributed by atoms with Crippen molar-refractivity contribution in [2.75, 3.05) is 49.3 Å². The molecule has 0 saturated carbocycles. The molecular formula is C24H31FN6O5. The number of pyridine rings is 1. The molecule has 0 radical (unpaired) electrons. The van der Waals surface area contributed by atoms with Crippen molar-refractivity contribution >= 4 is 29.5 Å². The summed E-state index contributed by atoms with van der Waals surface area (Å²) in [5.41, 5.74) is 8.38. The second-order valence-electron chi connectivity index (χ2n) is 8.79. The molecule has 1 aromatic heterocycles.